The zero-order valence-electron chi connectivity index (χ0n) is 9.27. The van der Waals surface area contributed by atoms with Crippen molar-refractivity contribution >= 4 is 11.8 Å². The van der Waals surface area contributed by atoms with E-state index in [2.05, 4.69) is 17.3 Å². The molecule has 0 amide bonds. The lowest BCUT2D eigenvalue weighted by atomic mass is 10.2. The van der Waals surface area contributed by atoms with Crippen molar-refractivity contribution in [1.82, 2.24) is 5.32 Å². The zero-order chi connectivity index (χ0) is 11.4. The van der Waals surface area contributed by atoms with E-state index in [0.29, 0.717) is 0 Å². The minimum absolute atomic E-state index is 0.00847. The number of rotatable bonds is 3. The molecule has 0 aromatic heterocycles. The fraction of sp³-hybridized carbons (Fsp3) is 0.385. The number of terminal acetylenes is 1. The lowest BCUT2D eigenvalue weighted by Gasteiger charge is -2.29. The summed E-state index contributed by atoms with van der Waals surface area (Å²) >= 11 is 1.81. The molecule has 0 radical (unpaired) electrons. The molecule has 0 aliphatic carbocycles. The van der Waals surface area contributed by atoms with E-state index in [9.17, 15) is 0 Å². The first-order chi connectivity index (χ1) is 7.85. The Morgan fingerprint density at radius 1 is 1.62 bits per heavy atom. The average Bonchev–Trinajstić information content (AvgIpc) is 2.35. The van der Waals surface area contributed by atoms with Crippen LogP contribution in [-0.4, -0.2) is 24.4 Å². The fourth-order valence-electron chi connectivity index (χ4n) is 1.72. The van der Waals surface area contributed by atoms with Gasteiger partial charge in [0, 0.05) is 10.6 Å². The van der Waals surface area contributed by atoms with Crippen molar-refractivity contribution in [2.75, 3.05) is 12.3 Å². The minimum Gasteiger partial charge on any atom is -0.486 e. The summed E-state index contributed by atoms with van der Waals surface area (Å²) in [6, 6.07) is 8.08. The summed E-state index contributed by atoms with van der Waals surface area (Å²) in [7, 11) is 0. The van der Waals surface area contributed by atoms with Crippen molar-refractivity contribution in [1.29, 1.82) is 0 Å². The molecule has 2 rings (SSSR count). The molecule has 2 atom stereocenters. The van der Waals surface area contributed by atoms with Gasteiger partial charge in [0.25, 0.3) is 0 Å². The Morgan fingerprint density at radius 2 is 2.44 bits per heavy atom. The van der Waals surface area contributed by atoms with Crippen LogP contribution in [-0.2, 0) is 0 Å². The normalized spacial score (nSPS) is 20.4. The first-order valence-electron chi connectivity index (χ1n) is 5.43. The maximum absolute atomic E-state index is 5.91. The molecular formula is C13H15NOS. The van der Waals surface area contributed by atoms with Crippen LogP contribution < -0.4 is 10.1 Å². The maximum atomic E-state index is 5.91. The molecule has 0 saturated carbocycles. The molecule has 84 valence electrons. The first-order valence-corrected chi connectivity index (χ1v) is 6.41. The Labute approximate surface area is 101 Å². The molecule has 0 spiro atoms. The highest BCUT2D eigenvalue weighted by molar-refractivity contribution is 7.99. The Kier molecular flexibility index (Phi) is 3.76. The summed E-state index contributed by atoms with van der Waals surface area (Å²) in [6.45, 7) is 2.91. The molecule has 2 nitrogen and oxygen atoms in total. The van der Waals surface area contributed by atoms with Gasteiger partial charge in [-0.3, -0.25) is 0 Å². The number of hydrogen-bond donors (Lipinski definition) is 1. The standard InChI is InChI=1S/C13H15NOS/c1-3-10(14-4-2)12-9-16-13-8-6-5-7-11(13)15-12/h1,5-8,10,12,14H,4,9H2,2H3. The third kappa shape index (κ3) is 2.34. The van der Waals surface area contributed by atoms with Gasteiger partial charge in [-0.1, -0.05) is 25.0 Å². The Hall–Kier alpha value is -1.11. The number of thioether (sulfide) groups is 1. The maximum Gasteiger partial charge on any atom is 0.135 e. The molecule has 3 heteroatoms. The van der Waals surface area contributed by atoms with Crippen LogP contribution in [0.2, 0.25) is 0 Å². The van der Waals surface area contributed by atoms with E-state index in [-0.39, 0.29) is 12.1 Å². The van der Waals surface area contributed by atoms with Gasteiger partial charge in [-0.05, 0) is 18.7 Å². The van der Waals surface area contributed by atoms with E-state index in [4.69, 9.17) is 11.2 Å². The Balaban J connectivity index is 2.10. The molecular weight excluding hydrogens is 218 g/mol. The van der Waals surface area contributed by atoms with Crippen molar-refractivity contribution in [2.24, 2.45) is 0 Å². The second kappa shape index (κ2) is 5.29. The quantitative estimate of drug-likeness (QED) is 0.808. The van der Waals surface area contributed by atoms with Gasteiger partial charge in [-0.2, -0.15) is 0 Å². The van der Waals surface area contributed by atoms with Crippen LogP contribution in [0.3, 0.4) is 0 Å². The molecule has 1 aromatic rings. The SMILES string of the molecule is C#CC(NCC)C1CSc2ccccc2O1. The minimum atomic E-state index is -0.00847. The van der Waals surface area contributed by atoms with Crippen molar-refractivity contribution < 1.29 is 4.74 Å². The van der Waals surface area contributed by atoms with Crippen LogP contribution in [0.15, 0.2) is 29.2 Å². The molecule has 0 fully saturated rings. The van der Waals surface area contributed by atoms with E-state index < -0.39 is 0 Å². The summed E-state index contributed by atoms with van der Waals surface area (Å²) in [5.74, 6) is 4.60. The monoisotopic (exact) mass is 233 g/mol. The topological polar surface area (TPSA) is 21.3 Å². The average molecular weight is 233 g/mol. The van der Waals surface area contributed by atoms with Gasteiger partial charge >= 0.3 is 0 Å². The van der Waals surface area contributed by atoms with Gasteiger partial charge in [-0.15, -0.1) is 18.2 Å². The van der Waals surface area contributed by atoms with E-state index >= 15 is 0 Å². The van der Waals surface area contributed by atoms with Crippen LogP contribution in [0, 0.1) is 12.3 Å². The smallest absolute Gasteiger partial charge is 0.135 e. The highest BCUT2D eigenvalue weighted by Gasteiger charge is 2.26. The lowest BCUT2D eigenvalue weighted by Crippen LogP contribution is -2.44. The number of fused-ring (bicyclic) bond motifs is 1. The zero-order valence-corrected chi connectivity index (χ0v) is 10.1. The summed E-state index contributed by atoms with van der Waals surface area (Å²) in [5.41, 5.74) is 0. The Morgan fingerprint density at radius 3 is 3.19 bits per heavy atom. The van der Waals surface area contributed by atoms with Crippen LogP contribution in [0.5, 0.6) is 5.75 Å². The Bertz CT molecular complexity index is 399. The molecule has 1 aromatic carbocycles. The molecule has 2 unspecified atom stereocenters. The van der Waals surface area contributed by atoms with Crippen LogP contribution in [0.1, 0.15) is 6.92 Å². The van der Waals surface area contributed by atoms with E-state index in [1.807, 2.05) is 25.1 Å². The number of para-hydroxylation sites is 1. The van der Waals surface area contributed by atoms with E-state index in [1.54, 1.807) is 11.8 Å². The van der Waals surface area contributed by atoms with Gasteiger partial charge in [-0.25, -0.2) is 0 Å². The summed E-state index contributed by atoms with van der Waals surface area (Å²) < 4.78 is 5.91. The third-order valence-corrected chi connectivity index (χ3v) is 3.65. The second-order valence-electron chi connectivity index (χ2n) is 3.62. The predicted octanol–water partition coefficient (Wildman–Crippen LogP) is 2.15. The molecule has 0 saturated heterocycles. The largest absolute Gasteiger partial charge is 0.486 e. The molecule has 1 heterocycles. The summed E-state index contributed by atoms with van der Waals surface area (Å²) in [5, 5.41) is 3.26. The van der Waals surface area contributed by atoms with Gasteiger partial charge in [0.1, 0.15) is 17.9 Å². The van der Waals surface area contributed by atoms with Crippen LogP contribution in [0.25, 0.3) is 0 Å². The van der Waals surface area contributed by atoms with Crippen molar-refractivity contribution in [3.05, 3.63) is 24.3 Å². The van der Waals surface area contributed by atoms with E-state index in [1.165, 1.54) is 4.90 Å². The number of nitrogens with one attached hydrogen (secondary N) is 1. The van der Waals surface area contributed by atoms with Crippen LogP contribution >= 0.6 is 11.8 Å². The van der Waals surface area contributed by atoms with Gasteiger partial charge in [0.15, 0.2) is 0 Å². The number of hydrogen-bond acceptors (Lipinski definition) is 3. The third-order valence-electron chi connectivity index (χ3n) is 2.51. The molecule has 1 aliphatic heterocycles. The van der Waals surface area contributed by atoms with Gasteiger partial charge in [0.05, 0.1) is 0 Å². The van der Waals surface area contributed by atoms with Crippen molar-refractivity contribution in [3.63, 3.8) is 0 Å². The molecule has 1 aliphatic rings. The van der Waals surface area contributed by atoms with Crippen molar-refractivity contribution in [2.45, 2.75) is 24.0 Å². The summed E-state index contributed by atoms with van der Waals surface area (Å²) in [4.78, 5) is 1.20. The van der Waals surface area contributed by atoms with Gasteiger partial charge in [0.2, 0.25) is 0 Å². The second-order valence-corrected chi connectivity index (χ2v) is 4.68. The highest BCUT2D eigenvalue weighted by atomic mass is 32.2. The van der Waals surface area contributed by atoms with Gasteiger partial charge < -0.3 is 10.1 Å². The molecule has 16 heavy (non-hydrogen) atoms. The highest BCUT2D eigenvalue weighted by Crippen LogP contribution is 2.35. The molecule has 1 N–H and O–H groups in total. The lowest BCUT2D eigenvalue weighted by molar-refractivity contribution is 0.189. The molecule has 0 bridgehead atoms. The number of benzene rings is 1. The first kappa shape index (κ1) is 11.4. The summed E-state index contributed by atoms with van der Waals surface area (Å²) in [6.07, 6.45) is 5.57. The van der Waals surface area contributed by atoms with Crippen LogP contribution in [0.4, 0.5) is 0 Å². The number of likely N-dealkylation sites (N-methyl/N-ethyl adjacent to an activating group) is 1. The van der Waals surface area contributed by atoms with E-state index in [0.717, 1.165) is 18.0 Å². The van der Waals surface area contributed by atoms with Crippen molar-refractivity contribution in [3.8, 4) is 18.1 Å². The fourth-order valence-corrected chi connectivity index (χ4v) is 2.76. The predicted molar refractivity (Wildman–Crippen MR) is 67.9 cm³/mol. The number of ether oxygens (including phenoxy) is 1.